The van der Waals surface area contributed by atoms with E-state index in [2.05, 4.69) is 5.32 Å². The lowest BCUT2D eigenvalue weighted by Gasteiger charge is -2.19. The Labute approximate surface area is 234 Å². The Morgan fingerprint density at radius 3 is 2.21 bits per heavy atom. The SMILES string of the molecule is CS(=O)(=O)c1cccc(C[C@H](NC(=O)c2c(Cl)cc(C(O)CP(=O)(O)c3cccc(O)c3)cc2Cl)C(=O)O)c1. The van der Waals surface area contributed by atoms with Gasteiger partial charge in [-0.05, 0) is 53.6 Å². The Bertz CT molecular complexity index is 1560. The lowest BCUT2D eigenvalue weighted by molar-refractivity contribution is -0.139. The summed E-state index contributed by atoms with van der Waals surface area (Å²) in [6.07, 6.45) is -1.39. The number of aliphatic carboxylic acids is 1. The van der Waals surface area contributed by atoms with Crippen LogP contribution in [0.15, 0.2) is 65.6 Å². The summed E-state index contributed by atoms with van der Waals surface area (Å²) in [4.78, 5) is 35.2. The van der Waals surface area contributed by atoms with Gasteiger partial charge in [-0.2, -0.15) is 0 Å². The first-order valence-electron chi connectivity index (χ1n) is 11.2. The molecule has 3 atom stereocenters. The van der Waals surface area contributed by atoms with E-state index in [0.29, 0.717) is 5.56 Å². The molecule has 0 aliphatic rings. The van der Waals surface area contributed by atoms with E-state index in [0.717, 1.165) is 12.3 Å². The molecule has 39 heavy (non-hydrogen) atoms. The van der Waals surface area contributed by atoms with Gasteiger partial charge in [-0.15, -0.1) is 0 Å². The van der Waals surface area contributed by atoms with Crippen LogP contribution in [0, 0.1) is 0 Å². The van der Waals surface area contributed by atoms with Gasteiger partial charge in [0.05, 0.1) is 32.8 Å². The Morgan fingerprint density at radius 1 is 1.03 bits per heavy atom. The molecule has 208 valence electrons. The number of amides is 1. The quantitative estimate of drug-likeness (QED) is 0.214. The number of carbonyl (C=O) groups excluding carboxylic acids is 1. The molecular weight excluding hydrogens is 592 g/mol. The summed E-state index contributed by atoms with van der Waals surface area (Å²) >= 11 is 12.5. The predicted molar refractivity (Wildman–Crippen MR) is 146 cm³/mol. The van der Waals surface area contributed by atoms with Crippen molar-refractivity contribution in [3.8, 4) is 5.75 Å². The molecule has 3 aromatic rings. The molecule has 0 saturated carbocycles. The molecule has 0 fully saturated rings. The Morgan fingerprint density at radius 2 is 1.64 bits per heavy atom. The summed E-state index contributed by atoms with van der Waals surface area (Å²) in [6, 6.07) is 11.7. The first-order valence-corrected chi connectivity index (χ1v) is 15.7. The minimum atomic E-state index is -4.11. The molecule has 5 N–H and O–H groups in total. The van der Waals surface area contributed by atoms with Crippen LogP contribution in [0.5, 0.6) is 5.75 Å². The summed E-state index contributed by atoms with van der Waals surface area (Å²) < 4.78 is 36.4. The topological polar surface area (TPSA) is 178 Å². The zero-order valence-corrected chi connectivity index (χ0v) is 23.5. The van der Waals surface area contributed by atoms with Crippen LogP contribution >= 0.6 is 30.6 Å². The zero-order valence-electron chi connectivity index (χ0n) is 20.3. The molecule has 2 unspecified atom stereocenters. The van der Waals surface area contributed by atoms with Gasteiger partial charge >= 0.3 is 5.97 Å². The lowest BCUT2D eigenvalue weighted by Crippen LogP contribution is -2.42. The lowest BCUT2D eigenvalue weighted by atomic mass is 10.0. The van der Waals surface area contributed by atoms with Crippen molar-refractivity contribution < 1.29 is 42.8 Å². The van der Waals surface area contributed by atoms with Crippen LogP contribution in [0.1, 0.15) is 27.6 Å². The van der Waals surface area contributed by atoms with Gasteiger partial charge in [-0.25, -0.2) is 13.2 Å². The van der Waals surface area contributed by atoms with Crippen LogP contribution in [0.2, 0.25) is 10.0 Å². The second kappa shape index (κ2) is 12.1. The van der Waals surface area contributed by atoms with Gasteiger partial charge in [0, 0.05) is 18.0 Å². The molecule has 0 aliphatic carbocycles. The van der Waals surface area contributed by atoms with Crippen LogP contribution in [0.25, 0.3) is 0 Å². The molecule has 1 amide bonds. The molecular formula is C25H24Cl2NO9PS. The number of carbonyl (C=O) groups is 2. The number of halogens is 2. The van der Waals surface area contributed by atoms with Crippen molar-refractivity contribution in [2.24, 2.45) is 0 Å². The molecule has 3 rings (SSSR count). The fourth-order valence-electron chi connectivity index (χ4n) is 3.73. The van der Waals surface area contributed by atoms with Crippen molar-refractivity contribution in [1.82, 2.24) is 5.32 Å². The number of aliphatic hydroxyl groups excluding tert-OH is 1. The first-order chi connectivity index (χ1) is 18.1. The fraction of sp³-hybridized carbons (Fsp3) is 0.200. The van der Waals surface area contributed by atoms with Gasteiger partial charge in [-0.1, -0.05) is 41.4 Å². The fourth-order valence-corrected chi connectivity index (χ4v) is 6.64. The van der Waals surface area contributed by atoms with Crippen LogP contribution in [0.4, 0.5) is 0 Å². The maximum Gasteiger partial charge on any atom is 0.326 e. The minimum Gasteiger partial charge on any atom is -0.508 e. The number of benzene rings is 3. The number of carboxylic acids is 1. The van der Waals surface area contributed by atoms with Gasteiger partial charge in [0.1, 0.15) is 11.8 Å². The van der Waals surface area contributed by atoms with Crippen molar-refractivity contribution >= 4 is 57.6 Å². The molecule has 10 nitrogen and oxygen atoms in total. The standard InChI is InChI=1S/C25H24Cl2NO9PS/c1-39(36,37)18-7-2-4-14(8-18)9-21(25(32)33)28-24(31)23-19(26)10-15(11-20(23)27)22(30)13-38(34,35)17-6-3-5-16(29)12-17/h2-8,10-12,21-22,29-30H,9,13H2,1H3,(H,28,31)(H,32,33)(H,34,35)/t21-,22?/m0/s1. The van der Waals surface area contributed by atoms with E-state index in [1.807, 2.05) is 0 Å². The summed E-state index contributed by atoms with van der Waals surface area (Å²) in [5, 5.41) is 31.5. The second-order valence-electron chi connectivity index (χ2n) is 8.77. The average Bonchev–Trinajstić information content (AvgIpc) is 2.82. The van der Waals surface area contributed by atoms with Crippen molar-refractivity contribution in [2.75, 3.05) is 12.4 Å². The van der Waals surface area contributed by atoms with E-state index in [1.165, 1.54) is 54.6 Å². The Balaban J connectivity index is 1.80. The first kappa shape index (κ1) is 30.6. The molecule has 0 radical (unpaired) electrons. The van der Waals surface area contributed by atoms with Gasteiger partial charge in [0.2, 0.25) is 7.37 Å². The van der Waals surface area contributed by atoms with E-state index in [1.54, 1.807) is 0 Å². The van der Waals surface area contributed by atoms with Crippen molar-refractivity contribution in [3.05, 3.63) is 87.4 Å². The second-order valence-corrected chi connectivity index (χ2v) is 13.9. The third-order valence-electron chi connectivity index (χ3n) is 5.70. The highest BCUT2D eigenvalue weighted by Crippen LogP contribution is 2.44. The van der Waals surface area contributed by atoms with Gasteiger partial charge in [0.15, 0.2) is 9.84 Å². The summed E-state index contributed by atoms with van der Waals surface area (Å²) in [6.45, 7) is 0. The number of nitrogens with one attached hydrogen (secondary N) is 1. The van der Waals surface area contributed by atoms with E-state index in [9.17, 15) is 42.8 Å². The summed E-state index contributed by atoms with van der Waals surface area (Å²) in [7, 11) is -7.64. The Hall–Kier alpha value is -2.92. The minimum absolute atomic E-state index is 0.00723. The molecule has 0 saturated heterocycles. The molecule has 14 heteroatoms. The number of aliphatic hydroxyl groups is 1. The highest BCUT2D eigenvalue weighted by atomic mass is 35.5. The molecule has 0 heterocycles. The summed E-state index contributed by atoms with van der Waals surface area (Å²) in [5.41, 5.74) is 0.0930. The molecule has 0 spiro atoms. The average molecular weight is 616 g/mol. The van der Waals surface area contributed by atoms with E-state index < -0.39 is 47.4 Å². The number of phenolic OH excluding ortho intramolecular Hbond substituents is 1. The maximum atomic E-state index is 12.9. The van der Waals surface area contributed by atoms with E-state index in [4.69, 9.17) is 23.2 Å². The Kier molecular flexibility index (Phi) is 9.48. The van der Waals surface area contributed by atoms with Crippen LogP contribution in [-0.2, 0) is 25.6 Å². The van der Waals surface area contributed by atoms with Crippen molar-refractivity contribution in [3.63, 3.8) is 0 Å². The third-order valence-corrected chi connectivity index (χ3v) is 9.33. The normalized spacial score (nSPS) is 14.7. The number of phenols is 1. The van der Waals surface area contributed by atoms with E-state index in [-0.39, 0.29) is 43.5 Å². The van der Waals surface area contributed by atoms with E-state index >= 15 is 0 Å². The highest BCUT2D eigenvalue weighted by Gasteiger charge is 2.29. The summed E-state index contributed by atoms with van der Waals surface area (Å²) in [5.74, 6) is -2.55. The van der Waals surface area contributed by atoms with Crippen molar-refractivity contribution in [2.45, 2.75) is 23.5 Å². The maximum absolute atomic E-state index is 12.9. The number of sulfone groups is 1. The number of aromatic hydroxyl groups is 1. The largest absolute Gasteiger partial charge is 0.508 e. The van der Waals surface area contributed by atoms with Crippen LogP contribution in [0.3, 0.4) is 0 Å². The highest BCUT2D eigenvalue weighted by molar-refractivity contribution is 7.90. The third kappa shape index (κ3) is 7.82. The zero-order chi connectivity index (χ0) is 29.1. The molecule has 0 aliphatic heterocycles. The number of carboxylic acid groups (broad SMARTS) is 1. The molecule has 0 aromatic heterocycles. The van der Waals surface area contributed by atoms with Gasteiger partial charge < -0.3 is 25.5 Å². The predicted octanol–water partition coefficient (Wildman–Crippen LogP) is 3.16. The van der Waals surface area contributed by atoms with Crippen LogP contribution in [-0.4, -0.2) is 59.0 Å². The van der Waals surface area contributed by atoms with Crippen LogP contribution < -0.4 is 10.6 Å². The van der Waals surface area contributed by atoms with Gasteiger partial charge in [0.25, 0.3) is 5.91 Å². The number of hydrogen-bond acceptors (Lipinski definition) is 7. The van der Waals surface area contributed by atoms with Gasteiger partial charge in [-0.3, -0.25) is 9.36 Å². The molecule has 0 bridgehead atoms. The number of rotatable bonds is 10. The number of hydrogen-bond donors (Lipinski definition) is 5. The monoisotopic (exact) mass is 615 g/mol. The molecule has 3 aromatic carbocycles. The van der Waals surface area contributed by atoms with Crippen molar-refractivity contribution in [1.29, 1.82) is 0 Å². The smallest absolute Gasteiger partial charge is 0.326 e.